The highest BCUT2D eigenvalue weighted by atomic mass is 19.1. The maximum absolute atomic E-state index is 14.0. The molecule has 4 amide bonds. The Hall–Kier alpha value is -2.51. The van der Waals surface area contributed by atoms with Crippen LogP contribution in [0, 0.1) is 11.6 Å². The van der Waals surface area contributed by atoms with E-state index in [4.69, 9.17) is 0 Å². The number of carbonyl (C=O) groups is 3. The molecule has 4 rings (SSSR count). The second-order valence-electron chi connectivity index (χ2n) is 6.85. The molecule has 0 bridgehead atoms. The summed E-state index contributed by atoms with van der Waals surface area (Å²) in [5, 5.41) is 0. The third-order valence-corrected chi connectivity index (χ3v) is 5.45. The van der Waals surface area contributed by atoms with Crippen LogP contribution in [0.25, 0.3) is 0 Å². The second-order valence-corrected chi connectivity index (χ2v) is 6.85. The lowest BCUT2D eigenvalue weighted by molar-refractivity contribution is -0.136. The molecule has 0 spiro atoms. The van der Waals surface area contributed by atoms with Crippen molar-refractivity contribution < 1.29 is 23.2 Å². The third kappa shape index (κ3) is 2.03. The molecule has 3 saturated heterocycles. The molecule has 3 aliphatic heterocycles. The van der Waals surface area contributed by atoms with E-state index in [1.807, 2.05) is 0 Å². The lowest BCUT2D eigenvalue weighted by atomic mass is 9.99. The van der Waals surface area contributed by atoms with Gasteiger partial charge in [-0.15, -0.1) is 0 Å². The molecule has 0 aliphatic carbocycles. The lowest BCUT2D eigenvalue weighted by Gasteiger charge is -2.23. The van der Waals surface area contributed by atoms with Crippen molar-refractivity contribution in [2.24, 2.45) is 0 Å². The summed E-state index contributed by atoms with van der Waals surface area (Å²) in [6.07, 6.45) is 1.46. The first-order valence-electron chi connectivity index (χ1n) is 8.27. The molecule has 25 heavy (non-hydrogen) atoms. The number of para-hydroxylation sites is 1. The van der Waals surface area contributed by atoms with E-state index in [-0.39, 0.29) is 13.0 Å². The van der Waals surface area contributed by atoms with Gasteiger partial charge in [0.15, 0.2) is 0 Å². The third-order valence-electron chi connectivity index (χ3n) is 5.45. The molecule has 0 saturated carbocycles. The minimum Gasteiger partial charge on any atom is -0.310 e. The monoisotopic (exact) mass is 349 g/mol. The summed E-state index contributed by atoms with van der Waals surface area (Å²) in [6, 6.07) is 1.86. The van der Waals surface area contributed by atoms with Gasteiger partial charge < -0.3 is 9.80 Å². The number of anilines is 1. The molecular formula is C17H17F2N3O3. The Bertz CT molecular complexity index is 779. The highest BCUT2D eigenvalue weighted by Gasteiger charge is 2.60. The largest absolute Gasteiger partial charge is 0.328 e. The smallest absolute Gasteiger partial charge is 0.310 e. The van der Waals surface area contributed by atoms with Crippen LogP contribution in [0.15, 0.2) is 18.2 Å². The molecule has 1 aromatic carbocycles. The van der Waals surface area contributed by atoms with Crippen LogP contribution in [0.1, 0.15) is 26.2 Å². The highest BCUT2D eigenvalue weighted by Crippen LogP contribution is 2.40. The van der Waals surface area contributed by atoms with Gasteiger partial charge in [0, 0.05) is 13.1 Å². The van der Waals surface area contributed by atoms with Gasteiger partial charge in [0.1, 0.15) is 28.9 Å². The predicted octanol–water partition coefficient (Wildman–Crippen LogP) is 1.89. The van der Waals surface area contributed by atoms with Crippen molar-refractivity contribution in [2.45, 2.75) is 37.8 Å². The quantitative estimate of drug-likeness (QED) is 0.766. The van der Waals surface area contributed by atoms with Crippen LogP contribution < -0.4 is 4.90 Å². The summed E-state index contributed by atoms with van der Waals surface area (Å²) in [5.41, 5.74) is -1.34. The zero-order valence-electron chi connectivity index (χ0n) is 13.7. The molecule has 0 radical (unpaired) electrons. The lowest BCUT2D eigenvalue weighted by Crippen LogP contribution is -2.47. The van der Waals surface area contributed by atoms with Crippen LogP contribution in [-0.2, 0) is 9.59 Å². The fraction of sp³-hybridized carbons (Fsp3) is 0.471. The Morgan fingerprint density at radius 2 is 1.80 bits per heavy atom. The number of rotatable bonds is 2. The van der Waals surface area contributed by atoms with Crippen molar-refractivity contribution in [1.82, 2.24) is 9.80 Å². The molecule has 0 aromatic heterocycles. The van der Waals surface area contributed by atoms with Crippen LogP contribution >= 0.6 is 0 Å². The Labute approximate surface area is 143 Å². The predicted molar refractivity (Wildman–Crippen MR) is 83.7 cm³/mol. The number of fused-ring (bicyclic) bond motifs is 1. The van der Waals surface area contributed by atoms with E-state index in [1.54, 1.807) is 6.92 Å². The summed E-state index contributed by atoms with van der Waals surface area (Å²) < 4.78 is 28.0. The number of carbonyl (C=O) groups excluding carboxylic acids is 3. The first-order chi connectivity index (χ1) is 11.9. The van der Waals surface area contributed by atoms with Crippen LogP contribution in [0.4, 0.5) is 19.3 Å². The Kier molecular flexibility index (Phi) is 3.35. The van der Waals surface area contributed by atoms with Gasteiger partial charge in [-0.2, -0.15) is 0 Å². The first kappa shape index (κ1) is 16.0. The van der Waals surface area contributed by atoms with Crippen molar-refractivity contribution in [2.75, 3.05) is 18.0 Å². The standard InChI is InChI=1S/C17H17F2N3O3/c1-17-7-3-8-21(17)16(25)22(15(17)24)12-6-9-20(14(12)23)13-10(18)4-2-5-11(13)19/h2,4-5,12H,3,6-9H2,1H3. The van der Waals surface area contributed by atoms with Crippen LogP contribution in [0.3, 0.4) is 0 Å². The van der Waals surface area contributed by atoms with E-state index in [9.17, 15) is 23.2 Å². The van der Waals surface area contributed by atoms with Crippen LogP contribution in [0.5, 0.6) is 0 Å². The van der Waals surface area contributed by atoms with E-state index >= 15 is 0 Å². The summed E-state index contributed by atoms with van der Waals surface area (Å²) in [5.74, 6) is -2.72. The molecule has 8 heteroatoms. The van der Waals surface area contributed by atoms with Crippen molar-refractivity contribution in [1.29, 1.82) is 0 Å². The molecule has 2 unspecified atom stereocenters. The average molecular weight is 349 g/mol. The molecule has 1 aromatic rings. The number of imide groups is 1. The van der Waals surface area contributed by atoms with Crippen LogP contribution in [-0.4, -0.2) is 52.3 Å². The van der Waals surface area contributed by atoms with E-state index < -0.39 is 46.7 Å². The second kappa shape index (κ2) is 5.24. The topological polar surface area (TPSA) is 60.9 Å². The van der Waals surface area contributed by atoms with E-state index in [1.165, 1.54) is 11.0 Å². The van der Waals surface area contributed by atoms with Gasteiger partial charge in [0.25, 0.3) is 11.8 Å². The van der Waals surface area contributed by atoms with Gasteiger partial charge in [-0.3, -0.25) is 9.59 Å². The Morgan fingerprint density at radius 1 is 1.12 bits per heavy atom. The van der Waals surface area contributed by atoms with Crippen molar-refractivity contribution in [3.63, 3.8) is 0 Å². The van der Waals surface area contributed by atoms with E-state index in [2.05, 4.69) is 0 Å². The molecule has 0 N–H and O–H groups in total. The number of amides is 4. The Morgan fingerprint density at radius 3 is 2.44 bits per heavy atom. The zero-order chi connectivity index (χ0) is 17.9. The molecular weight excluding hydrogens is 332 g/mol. The summed E-state index contributed by atoms with van der Waals surface area (Å²) in [6.45, 7) is 2.23. The molecule has 3 aliphatic rings. The molecule has 132 valence electrons. The van der Waals surface area contributed by atoms with Gasteiger partial charge in [0.05, 0.1) is 0 Å². The number of nitrogens with zero attached hydrogens (tertiary/aromatic N) is 3. The first-order valence-corrected chi connectivity index (χ1v) is 8.27. The van der Waals surface area contributed by atoms with E-state index in [0.29, 0.717) is 13.0 Å². The molecule has 3 heterocycles. The van der Waals surface area contributed by atoms with Gasteiger partial charge in [-0.25, -0.2) is 18.5 Å². The average Bonchev–Trinajstić information content (AvgIpc) is 3.17. The van der Waals surface area contributed by atoms with Gasteiger partial charge in [-0.1, -0.05) is 6.07 Å². The maximum atomic E-state index is 14.0. The van der Waals surface area contributed by atoms with Gasteiger partial charge in [-0.05, 0) is 38.3 Å². The highest BCUT2D eigenvalue weighted by molar-refractivity contribution is 6.12. The fourth-order valence-corrected chi connectivity index (χ4v) is 4.12. The fourth-order valence-electron chi connectivity index (χ4n) is 4.12. The number of hydrogen-bond donors (Lipinski definition) is 0. The number of halogens is 2. The maximum Gasteiger partial charge on any atom is 0.328 e. The molecule has 3 fully saturated rings. The van der Waals surface area contributed by atoms with Gasteiger partial charge in [0.2, 0.25) is 0 Å². The van der Waals surface area contributed by atoms with Gasteiger partial charge >= 0.3 is 6.03 Å². The Balaban J connectivity index is 1.65. The molecule has 2 atom stereocenters. The summed E-state index contributed by atoms with van der Waals surface area (Å²) >= 11 is 0. The minimum absolute atomic E-state index is 0.0507. The SMILES string of the molecule is CC12CCCN1C(=O)N(C1CCN(c3c(F)cccc3F)C1=O)C2=O. The van der Waals surface area contributed by atoms with E-state index in [0.717, 1.165) is 28.4 Å². The summed E-state index contributed by atoms with van der Waals surface area (Å²) in [4.78, 5) is 41.6. The number of benzene rings is 1. The summed E-state index contributed by atoms with van der Waals surface area (Å²) in [7, 11) is 0. The van der Waals surface area contributed by atoms with Crippen LogP contribution in [0.2, 0.25) is 0 Å². The minimum atomic E-state index is -1.01. The number of hydrogen-bond acceptors (Lipinski definition) is 3. The zero-order valence-corrected chi connectivity index (χ0v) is 13.7. The van der Waals surface area contributed by atoms with Crippen molar-refractivity contribution in [3.05, 3.63) is 29.8 Å². The molecule has 6 nitrogen and oxygen atoms in total. The number of urea groups is 1. The van der Waals surface area contributed by atoms with Crippen molar-refractivity contribution in [3.8, 4) is 0 Å². The normalized spacial score (nSPS) is 29.2. The van der Waals surface area contributed by atoms with Crippen molar-refractivity contribution >= 4 is 23.5 Å².